The molecular formula is C21H20F2N4O2. The van der Waals surface area contributed by atoms with E-state index in [-0.39, 0.29) is 23.3 Å². The largest absolute Gasteiger partial charge is 0.369 e. The van der Waals surface area contributed by atoms with Gasteiger partial charge in [0, 0.05) is 42.1 Å². The van der Waals surface area contributed by atoms with Crippen molar-refractivity contribution in [1.82, 2.24) is 0 Å². The molecule has 1 saturated heterocycles. The SMILES string of the molecule is NC(=O)C1CCN(c2ccc(N/C=C3\C(=O)Nc4ccc(F)cc43)cc2F)CC1. The Morgan fingerprint density at radius 1 is 1.17 bits per heavy atom. The Balaban J connectivity index is 1.48. The van der Waals surface area contributed by atoms with Crippen LogP contribution in [0.15, 0.2) is 42.6 Å². The second kappa shape index (κ2) is 7.54. The highest BCUT2D eigenvalue weighted by molar-refractivity contribution is 6.31. The fraction of sp³-hybridized carbons (Fsp3) is 0.238. The number of nitrogens with zero attached hydrogens (tertiary/aromatic N) is 1. The van der Waals surface area contributed by atoms with Crippen LogP contribution in [0.4, 0.5) is 25.8 Å². The predicted molar refractivity (Wildman–Crippen MR) is 107 cm³/mol. The van der Waals surface area contributed by atoms with Gasteiger partial charge in [0.1, 0.15) is 11.6 Å². The number of anilines is 3. The summed E-state index contributed by atoms with van der Waals surface area (Å²) in [5.41, 5.74) is 7.52. The Kier molecular flexibility index (Phi) is 4.92. The minimum Gasteiger partial charge on any atom is -0.369 e. The van der Waals surface area contributed by atoms with Crippen molar-refractivity contribution in [3.8, 4) is 0 Å². The Morgan fingerprint density at radius 3 is 2.62 bits per heavy atom. The van der Waals surface area contributed by atoms with Gasteiger partial charge in [0.15, 0.2) is 0 Å². The van der Waals surface area contributed by atoms with E-state index >= 15 is 0 Å². The monoisotopic (exact) mass is 398 g/mol. The lowest BCUT2D eigenvalue weighted by molar-refractivity contribution is -0.122. The summed E-state index contributed by atoms with van der Waals surface area (Å²) in [6, 6.07) is 8.75. The van der Waals surface area contributed by atoms with Crippen LogP contribution in [-0.2, 0) is 9.59 Å². The van der Waals surface area contributed by atoms with Crippen molar-refractivity contribution in [3.63, 3.8) is 0 Å². The molecule has 2 heterocycles. The molecule has 4 rings (SSSR count). The van der Waals surface area contributed by atoms with Crippen LogP contribution in [0.5, 0.6) is 0 Å². The molecular weight excluding hydrogens is 378 g/mol. The quantitative estimate of drug-likeness (QED) is 0.691. The lowest BCUT2D eigenvalue weighted by Gasteiger charge is -2.32. The molecule has 2 aliphatic rings. The molecule has 8 heteroatoms. The first kappa shape index (κ1) is 18.9. The first-order chi connectivity index (χ1) is 13.9. The molecule has 29 heavy (non-hydrogen) atoms. The average Bonchev–Trinajstić information content (AvgIpc) is 3.01. The van der Waals surface area contributed by atoms with Crippen LogP contribution in [0.3, 0.4) is 0 Å². The molecule has 0 bridgehead atoms. The molecule has 0 aliphatic carbocycles. The van der Waals surface area contributed by atoms with E-state index in [1.54, 1.807) is 12.1 Å². The van der Waals surface area contributed by atoms with Crippen LogP contribution in [0, 0.1) is 17.6 Å². The fourth-order valence-electron chi connectivity index (χ4n) is 3.72. The molecule has 150 valence electrons. The topological polar surface area (TPSA) is 87.5 Å². The Bertz CT molecular complexity index is 1010. The van der Waals surface area contributed by atoms with Gasteiger partial charge in [-0.05, 0) is 49.2 Å². The van der Waals surface area contributed by atoms with E-state index in [2.05, 4.69) is 10.6 Å². The van der Waals surface area contributed by atoms with E-state index in [4.69, 9.17) is 5.73 Å². The number of nitrogens with one attached hydrogen (secondary N) is 2. The van der Waals surface area contributed by atoms with Gasteiger partial charge < -0.3 is 21.3 Å². The first-order valence-electron chi connectivity index (χ1n) is 9.34. The van der Waals surface area contributed by atoms with Crippen molar-refractivity contribution in [1.29, 1.82) is 0 Å². The summed E-state index contributed by atoms with van der Waals surface area (Å²) in [5.74, 6) is -1.68. The number of benzene rings is 2. The highest BCUT2D eigenvalue weighted by atomic mass is 19.1. The average molecular weight is 398 g/mol. The normalized spacial score (nSPS) is 17.9. The summed E-state index contributed by atoms with van der Waals surface area (Å²) in [6.07, 6.45) is 2.64. The van der Waals surface area contributed by atoms with Gasteiger partial charge in [-0.15, -0.1) is 0 Å². The van der Waals surface area contributed by atoms with Gasteiger partial charge in [-0.1, -0.05) is 0 Å². The number of piperidine rings is 1. The number of nitrogens with two attached hydrogens (primary N) is 1. The van der Waals surface area contributed by atoms with Crippen molar-refractivity contribution in [2.24, 2.45) is 11.7 Å². The van der Waals surface area contributed by atoms with Gasteiger partial charge in [0.05, 0.1) is 11.3 Å². The van der Waals surface area contributed by atoms with Gasteiger partial charge in [0.25, 0.3) is 5.91 Å². The number of amides is 2. The molecule has 2 aliphatic heterocycles. The van der Waals surface area contributed by atoms with E-state index in [1.165, 1.54) is 30.5 Å². The van der Waals surface area contributed by atoms with Crippen LogP contribution >= 0.6 is 0 Å². The van der Waals surface area contributed by atoms with E-state index in [0.29, 0.717) is 48.6 Å². The zero-order valence-corrected chi connectivity index (χ0v) is 15.5. The third-order valence-corrected chi connectivity index (χ3v) is 5.33. The Morgan fingerprint density at radius 2 is 1.93 bits per heavy atom. The van der Waals surface area contributed by atoms with E-state index in [9.17, 15) is 18.4 Å². The van der Waals surface area contributed by atoms with Gasteiger partial charge in [-0.3, -0.25) is 9.59 Å². The number of carbonyl (C=O) groups is 2. The maximum Gasteiger partial charge on any atom is 0.257 e. The molecule has 0 unspecified atom stereocenters. The molecule has 4 N–H and O–H groups in total. The molecule has 2 aromatic carbocycles. The number of primary amides is 1. The van der Waals surface area contributed by atoms with Gasteiger partial charge >= 0.3 is 0 Å². The predicted octanol–water partition coefficient (Wildman–Crippen LogP) is 3.07. The summed E-state index contributed by atoms with van der Waals surface area (Å²) in [4.78, 5) is 25.3. The Hall–Kier alpha value is -3.42. The van der Waals surface area contributed by atoms with E-state index in [1.807, 2.05) is 4.90 Å². The smallest absolute Gasteiger partial charge is 0.257 e. The zero-order chi connectivity index (χ0) is 20.5. The minimum absolute atomic E-state index is 0.160. The summed E-state index contributed by atoms with van der Waals surface area (Å²) in [6.45, 7) is 1.12. The lowest BCUT2D eigenvalue weighted by atomic mass is 9.96. The summed E-state index contributed by atoms with van der Waals surface area (Å²) in [5, 5.41) is 5.56. The number of halogens is 2. The molecule has 0 atom stereocenters. The fourth-order valence-corrected chi connectivity index (χ4v) is 3.72. The molecule has 1 fully saturated rings. The van der Waals surface area contributed by atoms with Crippen LogP contribution < -0.4 is 21.3 Å². The highest BCUT2D eigenvalue weighted by Crippen LogP contribution is 2.32. The second-order valence-corrected chi connectivity index (χ2v) is 7.18. The minimum atomic E-state index is -0.443. The zero-order valence-electron chi connectivity index (χ0n) is 15.5. The maximum absolute atomic E-state index is 14.6. The molecule has 0 radical (unpaired) electrons. The lowest BCUT2D eigenvalue weighted by Crippen LogP contribution is -2.38. The number of hydrogen-bond acceptors (Lipinski definition) is 4. The highest BCUT2D eigenvalue weighted by Gasteiger charge is 2.26. The molecule has 0 saturated carbocycles. The third kappa shape index (κ3) is 3.78. The van der Waals surface area contributed by atoms with Crippen molar-refractivity contribution in [3.05, 3.63) is 59.8 Å². The molecule has 0 spiro atoms. The molecule has 2 aromatic rings. The summed E-state index contributed by atoms with van der Waals surface area (Å²) >= 11 is 0. The van der Waals surface area contributed by atoms with Crippen LogP contribution in [-0.4, -0.2) is 24.9 Å². The van der Waals surface area contributed by atoms with Gasteiger partial charge in [0.2, 0.25) is 5.91 Å². The van der Waals surface area contributed by atoms with Gasteiger partial charge in [-0.2, -0.15) is 0 Å². The van der Waals surface area contributed by atoms with E-state index < -0.39 is 11.6 Å². The molecule has 0 aromatic heterocycles. The van der Waals surface area contributed by atoms with Gasteiger partial charge in [-0.25, -0.2) is 8.78 Å². The maximum atomic E-state index is 14.6. The molecule has 6 nitrogen and oxygen atoms in total. The standard InChI is InChI=1S/C21H20F2N4O2/c22-13-1-3-18-15(9-13)16(21(29)26-18)11-25-14-2-4-19(17(23)10-14)27-7-5-12(6-8-27)20(24)28/h1-4,9-12,25H,5-8H2,(H2,24,28)(H,26,29)/b16-11-. The number of carbonyl (C=O) groups excluding carboxylic acids is 2. The van der Waals surface area contributed by atoms with E-state index in [0.717, 1.165) is 0 Å². The third-order valence-electron chi connectivity index (χ3n) is 5.33. The van der Waals surface area contributed by atoms with Crippen LogP contribution in [0.2, 0.25) is 0 Å². The Labute approximate surface area is 166 Å². The molecule has 2 amide bonds. The second-order valence-electron chi connectivity index (χ2n) is 7.18. The summed E-state index contributed by atoms with van der Waals surface area (Å²) in [7, 11) is 0. The summed E-state index contributed by atoms with van der Waals surface area (Å²) < 4.78 is 28.1. The first-order valence-corrected chi connectivity index (χ1v) is 9.34. The number of rotatable bonds is 4. The van der Waals surface area contributed by atoms with Crippen molar-refractivity contribution >= 4 is 34.4 Å². The van der Waals surface area contributed by atoms with Crippen LogP contribution in [0.25, 0.3) is 5.57 Å². The van der Waals surface area contributed by atoms with Crippen LogP contribution in [0.1, 0.15) is 18.4 Å². The van der Waals surface area contributed by atoms with Crippen molar-refractivity contribution < 1.29 is 18.4 Å². The van der Waals surface area contributed by atoms with Crippen molar-refractivity contribution in [2.75, 3.05) is 28.6 Å². The number of hydrogen-bond donors (Lipinski definition) is 3. The van der Waals surface area contributed by atoms with Crippen molar-refractivity contribution in [2.45, 2.75) is 12.8 Å². The number of fused-ring (bicyclic) bond motifs is 1.